The molecule has 0 aromatic heterocycles. The van der Waals surface area contributed by atoms with Crippen LogP contribution in [0.3, 0.4) is 0 Å². The Bertz CT molecular complexity index is 688. The first-order chi connectivity index (χ1) is 14.2. The van der Waals surface area contributed by atoms with Crippen molar-refractivity contribution in [3.05, 3.63) is 90.6 Å². The molecule has 29 heavy (non-hydrogen) atoms. The molecule has 1 aromatic rings. The van der Waals surface area contributed by atoms with Crippen molar-refractivity contribution in [2.24, 2.45) is 0 Å². The monoisotopic (exact) mass is 392 g/mol. The molecule has 1 aromatic carbocycles. The molecule has 0 aliphatic rings. The van der Waals surface area contributed by atoms with Crippen LogP contribution in [0.25, 0.3) is 0 Å². The Labute approximate surface area is 177 Å². The smallest absolute Gasteiger partial charge is 0.311 e. The van der Waals surface area contributed by atoms with Gasteiger partial charge in [0.1, 0.15) is 5.75 Å². The lowest BCUT2D eigenvalue weighted by Crippen LogP contribution is -2.07. The van der Waals surface area contributed by atoms with Gasteiger partial charge >= 0.3 is 5.97 Å². The average Bonchev–Trinajstić information content (AvgIpc) is 2.72. The van der Waals surface area contributed by atoms with E-state index < -0.39 is 0 Å². The van der Waals surface area contributed by atoms with Crippen molar-refractivity contribution in [2.45, 2.75) is 65.2 Å². The van der Waals surface area contributed by atoms with E-state index in [0.717, 1.165) is 50.5 Å². The summed E-state index contributed by atoms with van der Waals surface area (Å²) < 4.78 is 5.31. The molecule has 0 unspecified atom stereocenters. The molecule has 2 nitrogen and oxygen atoms in total. The minimum Gasteiger partial charge on any atom is -0.427 e. The normalized spacial score (nSPS) is 12.3. The van der Waals surface area contributed by atoms with Crippen LogP contribution < -0.4 is 4.74 Å². The summed E-state index contributed by atoms with van der Waals surface area (Å²) in [7, 11) is 0. The second-order valence-corrected chi connectivity index (χ2v) is 6.89. The van der Waals surface area contributed by atoms with Gasteiger partial charge in [0.25, 0.3) is 0 Å². The van der Waals surface area contributed by atoms with Gasteiger partial charge in [0, 0.05) is 6.42 Å². The highest BCUT2D eigenvalue weighted by atomic mass is 16.5. The lowest BCUT2D eigenvalue weighted by molar-refractivity contribution is -0.134. The van der Waals surface area contributed by atoms with Gasteiger partial charge in [-0.05, 0) is 64.0 Å². The highest BCUT2D eigenvalue weighted by molar-refractivity contribution is 5.72. The van der Waals surface area contributed by atoms with E-state index in [1.165, 1.54) is 0 Å². The van der Waals surface area contributed by atoms with Crippen LogP contribution in [0.1, 0.15) is 63.9 Å². The summed E-state index contributed by atoms with van der Waals surface area (Å²) >= 11 is 0. The Morgan fingerprint density at radius 2 is 1.24 bits per heavy atom. The van der Waals surface area contributed by atoms with E-state index in [2.05, 4.69) is 67.7 Å². The van der Waals surface area contributed by atoms with Gasteiger partial charge < -0.3 is 4.74 Å². The Morgan fingerprint density at radius 3 is 1.76 bits per heavy atom. The minimum atomic E-state index is -0.166. The molecule has 0 bridgehead atoms. The summed E-state index contributed by atoms with van der Waals surface area (Å²) in [5, 5.41) is 0. The third-order valence-electron chi connectivity index (χ3n) is 4.16. The maximum Gasteiger partial charge on any atom is 0.311 e. The van der Waals surface area contributed by atoms with Crippen molar-refractivity contribution in [1.29, 1.82) is 0 Å². The van der Waals surface area contributed by atoms with Gasteiger partial charge in [-0.3, -0.25) is 4.79 Å². The number of carbonyl (C=O) groups is 1. The van der Waals surface area contributed by atoms with E-state index in [9.17, 15) is 4.79 Å². The van der Waals surface area contributed by atoms with Crippen LogP contribution in [-0.2, 0) is 4.79 Å². The van der Waals surface area contributed by atoms with Crippen LogP contribution in [-0.4, -0.2) is 5.97 Å². The predicted molar refractivity (Wildman–Crippen MR) is 125 cm³/mol. The highest BCUT2D eigenvalue weighted by Crippen LogP contribution is 2.12. The first kappa shape index (κ1) is 24.4. The van der Waals surface area contributed by atoms with Crippen molar-refractivity contribution < 1.29 is 9.53 Å². The summed E-state index contributed by atoms with van der Waals surface area (Å²) in [6.07, 6.45) is 29.1. The molecule has 0 saturated heterocycles. The standard InChI is InChI=1S/C27H36O2/c1-3-4-5-6-7-8-9-10-11-12-13-14-15-16-17-18-19-20-27(28)29-26-23-21-25(2)22-24-26/h4-5,7-8,10-11,13-14,16-17,21-24H,3,6,9,12,15,18-20H2,1-2H3/b5-4-,8-7-,11-10-,14-13-,17-16-. The zero-order valence-corrected chi connectivity index (χ0v) is 18.1. The fourth-order valence-electron chi connectivity index (χ4n) is 2.52. The number of esters is 1. The number of hydrogen-bond donors (Lipinski definition) is 0. The Kier molecular flexibility index (Phi) is 14.7. The van der Waals surface area contributed by atoms with Gasteiger partial charge in [-0.25, -0.2) is 0 Å². The first-order valence-electron chi connectivity index (χ1n) is 10.7. The number of rotatable bonds is 14. The number of allylic oxidation sites excluding steroid dienone is 10. The van der Waals surface area contributed by atoms with Gasteiger partial charge in [-0.2, -0.15) is 0 Å². The van der Waals surface area contributed by atoms with E-state index in [1.807, 2.05) is 31.2 Å². The maximum atomic E-state index is 11.8. The van der Waals surface area contributed by atoms with Crippen molar-refractivity contribution >= 4 is 5.97 Å². The number of aryl methyl sites for hydroxylation is 1. The molecule has 0 spiro atoms. The van der Waals surface area contributed by atoms with Gasteiger partial charge in [0.2, 0.25) is 0 Å². The predicted octanol–water partition coefficient (Wildman–Crippen LogP) is 7.82. The van der Waals surface area contributed by atoms with Crippen LogP contribution in [0.5, 0.6) is 5.75 Å². The topological polar surface area (TPSA) is 26.3 Å². The van der Waals surface area contributed by atoms with Crippen LogP contribution >= 0.6 is 0 Å². The van der Waals surface area contributed by atoms with E-state index >= 15 is 0 Å². The Balaban J connectivity index is 2.00. The molecule has 0 saturated carbocycles. The molecule has 0 atom stereocenters. The van der Waals surface area contributed by atoms with Crippen molar-refractivity contribution in [2.75, 3.05) is 0 Å². The van der Waals surface area contributed by atoms with Gasteiger partial charge in [-0.15, -0.1) is 0 Å². The molecule has 0 radical (unpaired) electrons. The summed E-state index contributed by atoms with van der Waals surface area (Å²) in [5.74, 6) is 0.455. The second kappa shape index (κ2) is 17.5. The molecule has 1 rings (SSSR count). The summed E-state index contributed by atoms with van der Waals surface area (Å²) in [6.45, 7) is 4.16. The van der Waals surface area contributed by atoms with Crippen molar-refractivity contribution in [3.8, 4) is 5.75 Å². The Hall–Kier alpha value is -2.61. The van der Waals surface area contributed by atoms with Gasteiger partial charge in [0.15, 0.2) is 0 Å². The largest absolute Gasteiger partial charge is 0.427 e. The first-order valence-corrected chi connectivity index (χ1v) is 10.7. The summed E-state index contributed by atoms with van der Waals surface area (Å²) in [4.78, 5) is 11.8. The second-order valence-electron chi connectivity index (χ2n) is 6.89. The quantitative estimate of drug-likeness (QED) is 0.140. The van der Waals surface area contributed by atoms with Gasteiger partial charge in [-0.1, -0.05) is 85.4 Å². The molecule has 2 heteroatoms. The number of ether oxygens (including phenoxy) is 1. The number of carbonyl (C=O) groups excluding carboxylic acids is 1. The molecular formula is C27H36O2. The third kappa shape index (κ3) is 15.0. The van der Waals surface area contributed by atoms with Crippen LogP contribution in [0, 0.1) is 6.92 Å². The maximum absolute atomic E-state index is 11.8. The molecule has 0 amide bonds. The highest BCUT2D eigenvalue weighted by Gasteiger charge is 2.03. The van der Waals surface area contributed by atoms with E-state index in [-0.39, 0.29) is 5.97 Å². The number of benzene rings is 1. The molecular weight excluding hydrogens is 356 g/mol. The zero-order chi connectivity index (χ0) is 21.0. The van der Waals surface area contributed by atoms with E-state index in [1.54, 1.807) is 0 Å². The summed E-state index contributed by atoms with van der Waals surface area (Å²) in [5.41, 5.74) is 1.16. The third-order valence-corrected chi connectivity index (χ3v) is 4.16. The molecule has 0 N–H and O–H groups in total. The van der Waals surface area contributed by atoms with Crippen LogP contribution in [0.15, 0.2) is 85.0 Å². The van der Waals surface area contributed by atoms with Crippen molar-refractivity contribution in [1.82, 2.24) is 0 Å². The lowest BCUT2D eigenvalue weighted by atomic mass is 10.2. The fourth-order valence-corrected chi connectivity index (χ4v) is 2.52. The van der Waals surface area contributed by atoms with Crippen molar-refractivity contribution in [3.63, 3.8) is 0 Å². The molecule has 0 fully saturated rings. The minimum absolute atomic E-state index is 0.166. The van der Waals surface area contributed by atoms with Crippen LogP contribution in [0.4, 0.5) is 0 Å². The van der Waals surface area contributed by atoms with E-state index in [4.69, 9.17) is 4.74 Å². The molecule has 156 valence electrons. The van der Waals surface area contributed by atoms with Gasteiger partial charge in [0.05, 0.1) is 0 Å². The molecule has 0 aliphatic heterocycles. The molecule has 0 aliphatic carbocycles. The fraction of sp³-hybridized carbons (Fsp3) is 0.370. The zero-order valence-electron chi connectivity index (χ0n) is 18.1. The number of unbranched alkanes of at least 4 members (excludes halogenated alkanes) is 1. The Morgan fingerprint density at radius 1 is 0.759 bits per heavy atom. The number of hydrogen-bond acceptors (Lipinski definition) is 2. The van der Waals surface area contributed by atoms with Crippen LogP contribution in [0.2, 0.25) is 0 Å². The summed E-state index contributed by atoms with van der Waals surface area (Å²) in [6, 6.07) is 7.55. The molecule has 0 heterocycles. The lowest BCUT2D eigenvalue weighted by Gasteiger charge is -2.03. The SMILES string of the molecule is CC/C=C\C/C=C\C/C=C\C/C=C\C/C=C\CCCC(=O)Oc1ccc(C)cc1. The average molecular weight is 393 g/mol. The van der Waals surface area contributed by atoms with E-state index in [0.29, 0.717) is 12.2 Å².